The molecule has 0 saturated carbocycles. The molecule has 4 rings (SSSR count). The Hall–Kier alpha value is -3.42. The minimum absolute atomic E-state index is 0.0373. The molecule has 1 aliphatic rings. The summed E-state index contributed by atoms with van der Waals surface area (Å²) in [5, 5.41) is 7.74. The van der Waals surface area contributed by atoms with E-state index in [2.05, 4.69) is 15.5 Å². The van der Waals surface area contributed by atoms with Gasteiger partial charge in [0.05, 0.1) is 22.3 Å². The van der Waals surface area contributed by atoms with Crippen LogP contribution in [0.3, 0.4) is 0 Å². The van der Waals surface area contributed by atoms with Crippen molar-refractivity contribution >= 4 is 23.1 Å². The lowest BCUT2D eigenvalue weighted by atomic mass is 10.0. The minimum atomic E-state index is -0.526. The Morgan fingerprint density at radius 2 is 1.84 bits per heavy atom. The van der Waals surface area contributed by atoms with E-state index < -0.39 is 5.60 Å². The molecule has 1 fully saturated rings. The summed E-state index contributed by atoms with van der Waals surface area (Å²) in [6.07, 6.45) is 1.01. The smallest absolute Gasteiger partial charge is 0.410 e. The Balaban J connectivity index is 1.50. The van der Waals surface area contributed by atoms with Crippen LogP contribution in [-0.4, -0.2) is 51.8 Å². The maximum Gasteiger partial charge on any atom is 0.410 e. The van der Waals surface area contributed by atoms with Gasteiger partial charge in [-0.15, -0.1) is 0 Å². The van der Waals surface area contributed by atoms with Crippen molar-refractivity contribution in [2.24, 2.45) is 0 Å². The van der Waals surface area contributed by atoms with Crippen LogP contribution in [0.5, 0.6) is 0 Å². The van der Waals surface area contributed by atoms with Crippen molar-refractivity contribution in [1.29, 1.82) is 0 Å². The lowest BCUT2D eigenvalue weighted by molar-refractivity contribution is 0.0199. The van der Waals surface area contributed by atoms with Gasteiger partial charge in [-0.1, -0.05) is 35.5 Å². The van der Waals surface area contributed by atoms with Crippen molar-refractivity contribution in [3.63, 3.8) is 0 Å². The zero-order valence-electron chi connectivity index (χ0n) is 18.8. The molecule has 1 N–H and O–H groups in total. The Labute approximate surface area is 186 Å². The van der Waals surface area contributed by atoms with Gasteiger partial charge in [-0.05, 0) is 46.6 Å². The largest absolute Gasteiger partial charge is 0.444 e. The molecule has 168 valence electrons. The fourth-order valence-electron chi connectivity index (χ4n) is 3.83. The fraction of sp³-hybridized carbons (Fsp3) is 0.417. The van der Waals surface area contributed by atoms with Crippen molar-refractivity contribution in [2.45, 2.75) is 52.2 Å². The minimum Gasteiger partial charge on any atom is -0.444 e. The van der Waals surface area contributed by atoms with E-state index in [1.165, 1.54) is 0 Å². The van der Waals surface area contributed by atoms with E-state index in [1.807, 2.05) is 51.1 Å². The van der Waals surface area contributed by atoms with Crippen LogP contribution in [0.25, 0.3) is 22.4 Å². The number of rotatable bonds is 3. The highest BCUT2D eigenvalue weighted by atomic mass is 16.6. The molecule has 0 radical (unpaired) electrons. The molecule has 3 heterocycles. The number of likely N-dealkylation sites (tertiary alicyclic amines) is 1. The summed E-state index contributed by atoms with van der Waals surface area (Å²) in [5.41, 5.74) is 2.47. The van der Waals surface area contributed by atoms with E-state index in [9.17, 15) is 9.59 Å². The first kappa shape index (κ1) is 21.8. The van der Waals surface area contributed by atoms with Crippen LogP contribution in [0.2, 0.25) is 0 Å². The molecule has 0 unspecified atom stereocenters. The summed E-state index contributed by atoms with van der Waals surface area (Å²) in [6.45, 7) is 8.42. The predicted molar refractivity (Wildman–Crippen MR) is 120 cm³/mol. The monoisotopic (exact) mass is 436 g/mol. The van der Waals surface area contributed by atoms with E-state index in [-0.39, 0.29) is 18.0 Å². The number of aromatic nitrogens is 2. The van der Waals surface area contributed by atoms with E-state index in [1.54, 1.807) is 17.9 Å². The normalized spacial score (nSPS) is 15.1. The first-order valence-electron chi connectivity index (χ1n) is 10.8. The molecule has 32 heavy (non-hydrogen) atoms. The van der Waals surface area contributed by atoms with Gasteiger partial charge in [-0.25, -0.2) is 9.78 Å². The second kappa shape index (κ2) is 8.61. The molecule has 0 atom stereocenters. The molecule has 3 aromatic rings. The molecule has 8 heteroatoms. The first-order chi connectivity index (χ1) is 15.2. The average Bonchev–Trinajstić information content (AvgIpc) is 3.14. The number of hydrogen-bond acceptors (Lipinski definition) is 6. The van der Waals surface area contributed by atoms with Crippen LogP contribution in [0.1, 0.15) is 49.7 Å². The Morgan fingerprint density at radius 3 is 2.50 bits per heavy atom. The van der Waals surface area contributed by atoms with Crippen LogP contribution in [-0.2, 0) is 4.74 Å². The number of piperidine rings is 1. The number of hydrogen-bond donors (Lipinski definition) is 1. The van der Waals surface area contributed by atoms with E-state index in [0.717, 1.165) is 5.56 Å². The number of nitrogens with one attached hydrogen (secondary N) is 1. The molecule has 8 nitrogen and oxygen atoms in total. The van der Waals surface area contributed by atoms with Gasteiger partial charge in [0.15, 0.2) is 0 Å². The standard InChI is InChI=1S/C24H28N4O4/c1-15-20-18(14-19(26-22(20)32-27-15)16-8-6-5-7-9-16)21(29)25-17-10-12-28(13-11-17)23(30)31-24(2,3)4/h5-9,14,17H,10-13H2,1-4H3,(H,25,29). The summed E-state index contributed by atoms with van der Waals surface area (Å²) in [6, 6.07) is 11.4. The Kier molecular flexibility index (Phi) is 5.86. The van der Waals surface area contributed by atoms with Gasteiger partial charge >= 0.3 is 6.09 Å². The molecular formula is C24H28N4O4. The van der Waals surface area contributed by atoms with Crippen molar-refractivity contribution < 1.29 is 18.8 Å². The number of carbonyl (C=O) groups excluding carboxylic acids is 2. The highest BCUT2D eigenvalue weighted by Gasteiger charge is 2.28. The molecule has 0 bridgehead atoms. The van der Waals surface area contributed by atoms with Crippen LogP contribution in [0.15, 0.2) is 40.9 Å². The van der Waals surface area contributed by atoms with Crippen LogP contribution < -0.4 is 5.32 Å². The van der Waals surface area contributed by atoms with Crippen molar-refractivity contribution in [3.8, 4) is 11.3 Å². The third-order valence-corrected chi connectivity index (χ3v) is 5.41. The van der Waals surface area contributed by atoms with Gasteiger partial charge in [0.25, 0.3) is 11.6 Å². The van der Waals surface area contributed by atoms with Gasteiger partial charge in [0.2, 0.25) is 0 Å². The molecule has 0 aliphatic carbocycles. The summed E-state index contributed by atoms with van der Waals surface area (Å²) >= 11 is 0. The van der Waals surface area contributed by atoms with E-state index >= 15 is 0 Å². The van der Waals surface area contributed by atoms with Gasteiger partial charge < -0.3 is 19.5 Å². The van der Waals surface area contributed by atoms with Crippen LogP contribution in [0, 0.1) is 6.92 Å². The second-order valence-corrected chi connectivity index (χ2v) is 9.08. The van der Waals surface area contributed by atoms with E-state index in [0.29, 0.717) is 54.0 Å². The number of ether oxygens (including phenoxy) is 1. The van der Waals surface area contributed by atoms with Gasteiger partial charge in [0.1, 0.15) is 5.60 Å². The predicted octanol–water partition coefficient (Wildman–Crippen LogP) is 4.33. The van der Waals surface area contributed by atoms with E-state index in [4.69, 9.17) is 9.26 Å². The number of aryl methyl sites for hydroxylation is 1. The zero-order chi connectivity index (χ0) is 22.9. The number of carbonyl (C=O) groups is 2. The van der Waals surface area contributed by atoms with Crippen LogP contribution >= 0.6 is 0 Å². The van der Waals surface area contributed by atoms with Gasteiger partial charge in [-0.3, -0.25) is 4.79 Å². The number of fused-ring (bicyclic) bond motifs is 1. The number of pyridine rings is 1. The molecule has 1 saturated heterocycles. The average molecular weight is 437 g/mol. The fourth-order valence-corrected chi connectivity index (χ4v) is 3.83. The highest BCUT2D eigenvalue weighted by Crippen LogP contribution is 2.27. The SMILES string of the molecule is Cc1noc2nc(-c3ccccc3)cc(C(=O)NC3CCN(C(=O)OC(C)(C)C)CC3)c12. The first-order valence-corrected chi connectivity index (χ1v) is 10.8. The summed E-state index contributed by atoms with van der Waals surface area (Å²) < 4.78 is 10.8. The number of benzene rings is 1. The molecule has 1 aliphatic heterocycles. The number of amides is 2. The third kappa shape index (κ3) is 4.74. The summed E-state index contributed by atoms with van der Waals surface area (Å²) in [4.78, 5) is 31.8. The number of nitrogens with zero attached hydrogens (tertiary/aromatic N) is 3. The molecule has 1 aromatic carbocycles. The quantitative estimate of drug-likeness (QED) is 0.656. The van der Waals surface area contributed by atoms with Crippen LogP contribution in [0.4, 0.5) is 4.79 Å². The lowest BCUT2D eigenvalue weighted by Gasteiger charge is -2.33. The highest BCUT2D eigenvalue weighted by molar-refractivity contribution is 6.07. The maximum absolute atomic E-state index is 13.3. The summed E-state index contributed by atoms with van der Waals surface area (Å²) in [7, 11) is 0. The van der Waals surface area contributed by atoms with Crippen molar-refractivity contribution in [2.75, 3.05) is 13.1 Å². The Morgan fingerprint density at radius 1 is 1.16 bits per heavy atom. The zero-order valence-corrected chi connectivity index (χ0v) is 18.8. The molecule has 2 aromatic heterocycles. The molecular weight excluding hydrogens is 408 g/mol. The summed E-state index contributed by atoms with van der Waals surface area (Å²) in [5.74, 6) is -0.198. The third-order valence-electron chi connectivity index (χ3n) is 5.41. The van der Waals surface area contributed by atoms with Gasteiger partial charge in [0, 0.05) is 24.7 Å². The molecule has 2 amide bonds. The Bertz CT molecular complexity index is 1130. The topological polar surface area (TPSA) is 97.6 Å². The molecule has 0 spiro atoms. The van der Waals surface area contributed by atoms with Crippen molar-refractivity contribution in [1.82, 2.24) is 20.4 Å². The van der Waals surface area contributed by atoms with Gasteiger partial charge in [-0.2, -0.15) is 0 Å². The second-order valence-electron chi connectivity index (χ2n) is 9.08. The van der Waals surface area contributed by atoms with Crippen molar-refractivity contribution in [3.05, 3.63) is 47.7 Å². The maximum atomic E-state index is 13.3. The lowest BCUT2D eigenvalue weighted by Crippen LogP contribution is -2.47.